The van der Waals surface area contributed by atoms with Crippen molar-refractivity contribution in [1.82, 2.24) is 10.6 Å². The van der Waals surface area contributed by atoms with E-state index in [2.05, 4.69) is 10.6 Å². The van der Waals surface area contributed by atoms with Gasteiger partial charge in [-0.25, -0.2) is 4.79 Å². The predicted molar refractivity (Wildman–Crippen MR) is 65.3 cm³/mol. The lowest BCUT2D eigenvalue weighted by Crippen LogP contribution is -2.50. The number of rotatable bonds is 5. The molecule has 5 heteroatoms. The molecular weight excluding hydrogens is 212 g/mol. The quantitative estimate of drug-likeness (QED) is 0.670. The van der Waals surface area contributed by atoms with Gasteiger partial charge in [0, 0.05) is 23.9 Å². The topological polar surface area (TPSA) is 61.4 Å². The summed E-state index contributed by atoms with van der Waals surface area (Å²) in [4.78, 5) is 11.5. The van der Waals surface area contributed by atoms with E-state index in [-0.39, 0.29) is 24.2 Å². The van der Waals surface area contributed by atoms with Gasteiger partial charge in [-0.15, -0.1) is 0 Å². The van der Waals surface area contributed by atoms with Crippen molar-refractivity contribution in [2.75, 3.05) is 18.6 Å². The molecule has 0 aromatic carbocycles. The van der Waals surface area contributed by atoms with E-state index in [0.717, 1.165) is 5.75 Å². The highest BCUT2D eigenvalue weighted by Gasteiger charge is 2.16. The minimum Gasteiger partial charge on any atom is -0.396 e. The summed E-state index contributed by atoms with van der Waals surface area (Å²) in [6.07, 6.45) is 2.58. The highest BCUT2D eigenvalue weighted by molar-refractivity contribution is 7.98. The Morgan fingerprint density at radius 1 is 1.47 bits per heavy atom. The van der Waals surface area contributed by atoms with Crippen LogP contribution in [0.15, 0.2) is 0 Å². The molecule has 15 heavy (non-hydrogen) atoms. The number of carbonyl (C=O) groups is 1. The van der Waals surface area contributed by atoms with E-state index >= 15 is 0 Å². The fraction of sp³-hybridized carbons (Fsp3) is 0.900. The summed E-state index contributed by atoms with van der Waals surface area (Å²) in [5.74, 6) is 0.818. The Bertz CT molecular complexity index is 186. The molecular formula is C10H22N2O2S. The van der Waals surface area contributed by atoms with Gasteiger partial charge in [0.05, 0.1) is 0 Å². The molecule has 0 aliphatic rings. The molecule has 0 aromatic heterocycles. The SMILES string of the molecule is CSCC(CCO)NC(=O)NC(C)(C)C. The van der Waals surface area contributed by atoms with Gasteiger partial charge in [0.1, 0.15) is 0 Å². The maximum atomic E-state index is 11.5. The van der Waals surface area contributed by atoms with Gasteiger partial charge in [0.25, 0.3) is 0 Å². The normalized spacial score (nSPS) is 13.4. The molecule has 0 aliphatic heterocycles. The average Bonchev–Trinajstić information content (AvgIpc) is 2.00. The van der Waals surface area contributed by atoms with Gasteiger partial charge < -0.3 is 15.7 Å². The van der Waals surface area contributed by atoms with Crippen molar-refractivity contribution >= 4 is 17.8 Å². The highest BCUT2D eigenvalue weighted by atomic mass is 32.2. The standard InChI is InChI=1S/C10H22N2O2S/c1-10(2,3)12-9(14)11-8(5-6-13)7-15-4/h8,13H,5-7H2,1-4H3,(H2,11,12,14). The smallest absolute Gasteiger partial charge is 0.315 e. The first kappa shape index (κ1) is 14.6. The highest BCUT2D eigenvalue weighted by Crippen LogP contribution is 2.02. The van der Waals surface area contributed by atoms with E-state index < -0.39 is 0 Å². The molecule has 0 aliphatic carbocycles. The van der Waals surface area contributed by atoms with Crippen molar-refractivity contribution in [3.8, 4) is 0 Å². The zero-order chi connectivity index (χ0) is 11.9. The molecule has 0 saturated carbocycles. The molecule has 0 spiro atoms. The third kappa shape index (κ3) is 8.57. The monoisotopic (exact) mass is 234 g/mol. The van der Waals surface area contributed by atoms with E-state index in [4.69, 9.17) is 5.11 Å². The number of amides is 2. The first-order valence-electron chi connectivity index (χ1n) is 5.07. The van der Waals surface area contributed by atoms with Crippen LogP contribution in [0, 0.1) is 0 Å². The molecule has 0 rings (SSSR count). The fourth-order valence-electron chi connectivity index (χ4n) is 1.12. The van der Waals surface area contributed by atoms with Crippen LogP contribution in [0.2, 0.25) is 0 Å². The predicted octanol–water partition coefficient (Wildman–Crippen LogP) is 1.20. The number of aliphatic hydroxyl groups excluding tert-OH is 1. The third-order valence-corrected chi connectivity index (χ3v) is 2.40. The van der Waals surface area contributed by atoms with E-state index in [9.17, 15) is 4.79 Å². The number of hydrogen-bond donors (Lipinski definition) is 3. The molecule has 4 nitrogen and oxygen atoms in total. The molecule has 2 amide bonds. The lowest BCUT2D eigenvalue weighted by molar-refractivity contribution is 0.223. The number of hydrogen-bond acceptors (Lipinski definition) is 3. The number of thioether (sulfide) groups is 1. The number of aliphatic hydroxyl groups is 1. The second kappa shape index (κ2) is 6.95. The molecule has 0 fully saturated rings. The molecule has 0 saturated heterocycles. The van der Waals surface area contributed by atoms with Crippen LogP contribution in [-0.4, -0.2) is 41.3 Å². The summed E-state index contributed by atoms with van der Waals surface area (Å²) in [6.45, 7) is 5.90. The van der Waals surface area contributed by atoms with E-state index in [1.807, 2.05) is 27.0 Å². The number of nitrogens with one attached hydrogen (secondary N) is 2. The second-order valence-electron chi connectivity index (χ2n) is 4.51. The van der Waals surface area contributed by atoms with Gasteiger partial charge >= 0.3 is 6.03 Å². The van der Waals surface area contributed by atoms with Gasteiger partial charge in [-0.3, -0.25) is 0 Å². The summed E-state index contributed by atoms with van der Waals surface area (Å²) >= 11 is 1.66. The average molecular weight is 234 g/mol. The molecule has 90 valence electrons. The minimum absolute atomic E-state index is 0.0346. The molecule has 0 bridgehead atoms. The van der Waals surface area contributed by atoms with Gasteiger partial charge in [0.2, 0.25) is 0 Å². The summed E-state index contributed by atoms with van der Waals surface area (Å²) < 4.78 is 0. The second-order valence-corrected chi connectivity index (χ2v) is 5.42. The summed E-state index contributed by atoms with van der Waals surface area (Å²) in [6, 6.07) is -0.137. The van der Waals surface area contributed by atoms with Crippen LogP contribution in [0.4, 0.5) is 4.79 Å². The zero-order valence-electron chi connectivity index (χ0n) is 9.96. The molecule has 3 N–H and O–H groups in total. The minimum atomic E-state index is -0.229. The maximum absolute atomic E-state index is 11.5. The van der Waals surface area contributed by atoms with Crippen LogP contribution in [-0.2, 0) is 0 Å². The first-order chi connectivity index (χ1) is 6.89. The lowest BCUT2D eigenvalue weighted by atomic mass is 10.1. The lowest BCUT2D eigenvalue weighted by Gasteiger charge is -2.23. The number of carbonyl (C=O) groups excluding carboxylic acids is 1. The van der Waals surface area contributed by atoms with E-state index in [1.165, 1.54) is 0 Å². The molecule has 0 aromatic rings. The van der Waals surface area contributed by atoms with E-state index in [0.29, 0.717) is 6.42 Å². The van der Waals surface area contributed by atoms with Crippen molar-refractivity contribution in [3.63, 3.8) is 0 Å². The molecule has 0 radical (unpaired) electrons. The Kier molecular flexibility index (Phi) is 6.76. The van der Waals surface area contributed by atoms with Crippen LogP contribution < -0.4 is 10.6 Å². The van der Waals surface area contributed by atoms with Crippen LogP contribution >= 0.6 is 11.8 Å². The van der Waals surface area contributed by atoms with Crippen molar-refractivity contribution in [2.24, 2.45) is 0 Å². The Morgan fingerprint density at radius 3 is 2.47 bits per heavy atom. The van der Waals surface area contributed by atoms with Crippen molar-refractivity contribution in [2.45, 2.75) is 38.8 Å². The van der Waals surface area contributed by atoms with Crippen molar-refractivity contribution < 1.29 is 9.90 Å². The Labute approximate surface area is 96.2 Å². The van der Waals surface area contributed by atoms with Gasteiger partial charge in [-0.1, -0.05) is 0 Å². The van der Waals surface area contributed by atoms with Gasteiger partial charge in [-0.05, 0) is 33.4 Å². The Morgan fingerprint density at radius 2 is 2.07 bits per heavy atom. The zero-order valence-corrected chi connectivity index (χ0v) is 10.8. The summed E-state index contributed by atoms with van der Waals surface area (Å²) in [5, 5.41) is 14.5. The van der Waals surface area contributed by atoms with Crippen molar-refractivity contribution in [1.29, 1.82) is 0 Å². The summed E-state index contributed by atoms with van der Waals surface area (Å²) in [7, 11) is 0. The van der Waals surface area contributed by atoms with Crippen LogP contribution in [0.3, 0.4) is 0 Å². The molecule has 0 heterocycles. The largest absolute Gasteiger partial charge is 0.396 e. The Balaban J connectivity index is 3.99. The third-order valence-electron chi connectivity index (χ3n) is 1.67. The van der Waals surface area contributed by atoms with Crippen LogP contribution in [0.5, 0.6) is 0 Å². The van der Waals surface area contributed by atoms with Crippen molar-refractivity contribution in [3.05, 3.63) is 0 Å². The Hall–Kier alpha value is -0.420. The number of urea groups is 1. The maximum Gasteiger partial charge on any atom is 0.315 e. The van der Waals surface area contributed by atoms with E-state index in [1.54, 1.807) is 11.8 Å². The fourth-order valence-corrected chi connectivity index (χ4v) is 1.77. The first-order valence-corrected chi connectivity index (χ1v) is 6.47. The summed E-state index contributed by atoms with van der Waals surface area (Å²) in [5.41, 5.74) is -0.229. The van der Waals surface area contributed by atoms with Gasteiger partial charge in [-0.2, -0.15) is 11.8 Å². The molecule has 1 unspecified atom stereocenters. The van der Waals surface area contributed by atoms with Crippen LogP contribution in [0.1, 0.15) is 27.2 Å². The molecule has 1 atom stereocenters. The van der Waals surface area contributed by atoms with Gasteiger partial charge in [0.15, 0.2) is 0 Å². The van der Waals surface area contributed by atoms with Crippen LogP contribution in [0.25, 0.3) is 0 Å².